The summed E-state index contributed by atoms with van der Waals surface area (Å²) < 4.78 is 21.1. The lowest BCUT2D eigenvalue weighted by Crippen LogP contribution is -2.36. The molecule has 1 fully saturated rings. The monoisotopic (exact) mass is 388 g/mol. The van der Waals surface area contributed by atoms with E-state index in [9.17, 15) is 9.59 Å². The molecule has 28 heavy (non-hydrogen) atoms. The molecule has 1 aromatic carbocycles. The summed E-state index contributed by atoms with van der Waals surface area (Å²) in [5.41, 5.74) is 0.542. The fraction of sp³-hybridized carbons (Fsp3) is 0.450. The molecule has 1 aliphatic carbocycles. The lowest BCUT2D eigenvalue weighted by Gasteiger charge is -2.15. The Morgan fingerprint density at radius 3 is 2.36 bits per heavy atom. The quantitative estimate of drug-likeness (QED) is 0.728. The molecule has 1 N–H and O–H groups in total. The van der Waals surface area contributed by atoms with Crippen LogP contribution >= 0.6 is 0 Å². The van der Waals surface area contributed by atoms with Gasteiger partial charge in [0.05, 0.1) is 26.8 Å². The fourth-order valence-corrected chi connectivity index (χ4v) is 3.33. The maximum Gasteiger partial charge on any atom is 0.356 e. The number of ether oxygens (including phenoxy) is 4. The molecule has 0 radical (unpaired) electrons. The second kappa shape index (κ2) is 8.77. The van der Waals surface area contributed by atoms with E-state index in [4.69, 9.17) is 18.9 Å². The molecule has 1 amide bonds. The van der Waals surface area contributed by atoms with Gasteiger partial charge in [0.15, 0.2) is 23.8 Å². The second-order valence-corrected chi connectivity index (χ2v) is 6.56. The Labute approximate surface area is 163 Å². The number of esters is 1. The Bertz CT molecular complexity index is 877. The van der Waals surface area contributed by atoms with Crippen LogP contribution in [0.3, 0.4) is 0 Å². The van der Waals surface area contributed by atoms with Gasteiger partial charge in [-0.25, -0.2) is 9.78 Å². The first-order chi connectivity index (χ1) is 13.5. The van der Waals surface area contributed by atoms with Gasteiger partial charge in [0, 0.05) is 23.6 Å². The topological polar surface area (TPSA) is 96.0 Å². The van der Waals surface area contributed by atoms with Gasteiger partial charge in [-0.1, -0.05) is 12.8 Å². The highest BCUT2D eigenvalue weighted by Gasteiger charge is 2.19. The van der Waals surface area contributed by atoms with E-state index in [0.717, 1.165) is 25.7 Å². The first-order valence-electron chi connectivity index (χ1n) is 9.13. The van der Waals surface area contributed by atoms with E-state index in [1.807, 2.05) is 0 Å². The van der Waals surface area contributed by atoms with Crippen molar-refractivity contribution >= 4 is 22.8 Å². The van der Waals surface area contributed by atoms with Crippen LogP contribution in [0.5, 0.6) is 17.2 Å². The molecule has 1 heterocycles. The molecule has 8 nitrogen and oxygen atoms in total. The zero-order valence-corrected chi connectivity index (χ0v) is 16.2. The van der Waals surface area contributed by atoms with Gasteiger partial charge in [0.2, 0.25) is 0 Å². The summed E-state index contributed by atoms with van der Waals surface area (Å²) >= 11 is 0. The Kier molecular flexibility index (Phi) is 6.18. The van der Waals surface area contributed by atoms with Crippen LogP contribution in [0.25, 0.3) is 10.9 Å². The number of pyridine rings is 1. The van der Waals surface area contributed by atoms with Crippen LogP contribution in [0.1, 0.15) is 36.2 Å². The molecule has 150 valence electrons. The van der Waals surface area contributed by atoms with Crippen LogP contribution in [0.4, 0.5) is 0 Å². The summed E-state index contributed by atoms with van der Waals surface area (Å²) in [6.07, 6.45) is 4.25. The Hall–Kier alpha value is -3.03. The molecule has 1 saturated carbocycles. The van der Waals surface area contributed by atoms with Crippen molar-refractivity contribution in [1.29, 1.82) is 0 Å². The number of hydrogen-bond donors (Lipinski definition) is 1. The van der Waals surface area contributed by atoms with Gasteiger partial charge in [-0.15, -0.1) is 0 Å². The lowest BCUT2D eigenvalue weighted by molar-refractivity contribution is -0.123. The minimum atomic E-state index is -0.600. The van der Waals surface area contributed by atoms with E-state index in [-0.39, 0.29) is 24.2 Å². The molecule has 0 bridgehead atoms. The lowest BCUT2D eigenvalue weighted by atomic mass is 10.1. The van der Waals surface area contributed by atoms with Gasteiger partial charge in [-0.3, -0.25) is 4.79 Å². The molecule has 2 aromatic rings. The molecule has 0 unspecified atom stereocenters. The third-order valence-electron chi connectivity index (χ3n) is 4.75. The molecule has 1 aromatic heterocycles. The average molecular weight is 388 g/mol. The Balaban J connectivity index is 1.90. The summed E-state index contributed by atoms with van der Waals surface area (Å²) in [5.74, 6) is 0.499. The van der Waals surface area contributed by atoms with Crippen molar-refractivity contribution in [3.8, 4) is 17.2 Å². The van der Waals surface area contributed by atoms with E-state index >= 15 is 0 Å². The summed E-state index contributed by atoms with van der Waals surface area (Å²) in [5, 5.41) is 3.57. The van der Waals surface area contributed by atoms with Crippen LogP contribution < -0.4 is 19.5 Å². The number of carbonyl (C=O) groups excluding carboxylic acids is 2. The number of benzene rings is 1. The van der Waals surface area contributed by atoms with Crippen molar-refractivity contribution in [2.75, 3.05) is 27.9 Å². The van der Waals surface area contributed by atoms with Gasteiger partial charge in [-0.05, 0) is 18.9 Å². The number of fused-ring (bicyclic) bond motifs is 1. The number of nitrogens with zero attached hydrogens (tertiary/aromatic N) is 1. The van der Waals surface area contributed by atoms with E-state index in [1.165, 1.54) is 27.4 Å². The standard InChI is InChI=1S/C20H24N2O6/c1-25-17-8-13-14(9-18(17)26-2)22-15(20(24)27-3)10-16(13)28-11-19(23)21-12-6-4-5-7-12/h8-10,12H,4-7,11H2,1-3H3,(H,21,23). The molecular formula is C20H24N2O6. The van der Waals surface area contributed by atoms with Crippen LogP contribution in [0.2, 0.25) is 0 Å². The second-order valence-electron chi connectivity index (χ2n) is 6.56. The number of aromatic nitrogens is 1. The Morgan fingerprint density at radius 1 is 1.04 bits per heavy atom. The molecule has 8 heteroatoms. The summed E-state index contributed by atoms with van der Waals surface area (Å²) in [7, 11) is 4.31. The van der Waals surface area contributed by atoms with Crippen molar-refractivity contribution in [2.45, 2.75) is 31.7 Å². The van der Waals surface area contributed by atoms with Crippen molar-refractivity contribution < 1.29 is 28.5 Å². The number of nitrogens with one attached hydrogen (secondary N) is 1. The van der Waals surface area contributed by atoms with Crippen molar-refractivity contribution in [2.24, 2.45) is 0 Å². The number of rotatable bonds is 7. The highest BCUT2D eigenvalue weighted by molar-refractivity contribution is 5.95. The summed E-state index contributed by atoms with van der Waals surface area (Å²) in [4.78, 5) is 28.5. The number of methoxy groups -OCH3 is 3. The van der Waals surface area contributed by atoms with Gasteiger partial charge >= 0.3 is 5.97 Å². The number of amides is 1. The van der Waals surface area contributed by atoms with Crippen molar-refractivity contribution in [1.82, 2.24) is 10.3 Å². The average Bonchev–Trinajstić information content (AvgIpc) is 3.22. The van der Waals surface area contributed by atoms with Crippen LogP contribution in [0.15, 0.2) is 18.2 Å². The molecule has 3 rings (SSSR count). The Morgan fingerprint density at radius 2 is 1.71 bits per heavy atom. The molecular weight excluding hydrogens is 364 g/mol. The first kappa shape index (κ1) is 19.7. The minimum absolute atomic E-state index is 0.0772. The number of hydrogen-bond acceptors (Lipinski definition) is 7. The SMILES string of the molecule is COC(=O)c1cc(OCC(=O)NC2CCCC2)c2cc(OC)c(OC)cc2n1. The predicted molar refractivity (Wildman–Crippen MR) is 102 cm³/mol. The van der Waals surface area contributed by atoms with Gasteiger partial charge < -0.3 is 24.3 Å². The molecule has 0 atom stereocenters. The first-order valence-corrected chi connectivity index (χ1v) is 9.13. The fourth-order valence-electron chi connectivity index (χ4n) is 3.33. The molecule has 1 aliphatic rings. The zero-order valence-electron chi connectivity index (χ0n) is 16.2. The minimum Gasteiger partial charge on any atom is -0.493 e. The third-order valence-corrected chi connectivity index (χ3v) is 4.75. The van der Waals surface area contributed by atoms with Crippen LogP contribution in [-0.2, 0) is 9.53 Å². The van der Waals surface area contributed by atoms with Gasteiger partial charge in [-0.2, -0.15) is 0 Å². The van der Waals surface area contributed by atoms with E-state index < -0.39 is 5.97 Å². The highest BCUT2D eigenvalue weighted by Crippen LogP contribution is 2.36. The summed E-state index contributed by atoms with van der Waals surface area (Å²) in [6, 6.07) is 5.02. The van der Waals surface area contributed by atoms with Crippen LogP contribution in [-0.4, -0.2) is 50.8 Å². The van der Waals surface area contributed by atoms with Crippen molar-refractivity contribution in [3.05, 3.63) is 23.9 Å². The predicted octanol–water partition coefficient (Wildman–Crippen LogP) is 2.48. The normalized spacial score (nSPS) is 14.0. The van der Waals surface area contributed by atoms with Crippen LogP contribution in [0, 0.1) is 0 Å². The third kappa shape index (κ3) is 4.27. The molecule has 0 aliphatic heterocycles. The molecule has 0 saturated heterocycles. The summed E-state index contributed by atoms with van der Waals surface area (Å²) in [6.45, 7) is -0.162. The maximum absolute atomic E-state index is 12.2. The molecule has 0 spiro atoms. The smallest absolute Gasteiger partial charge is 0.356 e. The maximum atomic E-state index is 12.2. The van der Waals surface area contributed by atoms with E-state index in [1.54, 1.807) is 12.1 Å². The number of carbonyl (C=O) groups is 2. The van der Waals surface area contributed by atoms with Gasteiger partial charge in [0.1, 0.15) is 5.75 Å². The zero-order chi connectivity index (χ0) is 20.1. The van der Waals surface area contributed by atoms with E-state index in [2.05, 4.69) is 10.3 Å². The highest BCUT2D eigenvalue weighted by atomic mass is 16.5. The van der Waals surface area contributed by atoms with Crippen molar-refractivity contribution in [3.63, 3.8) is 0 Å². The van der Waals surface area contributed by atoms with Gasteiger partial charge in [0.25, 0.3) is 5.91 Å². The van der Waals surface area contributed by atoms with E-state index in [0.29, 0.717) is 28.2 Å². The largest absolute Gasteiger partial charge is 0.493 e.